The van der Waals surface area contributed by atoms with E-state index in [0.29, 0.717) is 5.02 Å². The third-order valence-electron chi connectivity index (χ3n) is 4.40. The molecule has 3 rings (SSSR count). The summed E-state index contributed by atoms with van der Waals surface area (Å²) in [5.74, 6) is 0. The highest BCUT2D eigenvalue weighted by atomic mass is 35.5. The van der Waals surface area contributed by atoms with Crippen molar-refractivity contribution < 1.29 is 4.79 Å². The summed E-state index contributed by atoms with van der Waals surface area (Å²) in [6.07, 6.45) is 0. The number of para-hydroxylation sites is 1. The predicted molar refractivity (Wildman–Crippen MR) is 98.6 cm³/mol. The van der Waals surface area contributed by atoms with Gasteiger partial charge in [-0.3, -0.25) is 0 Å². The number of anilines is 1. The lowest BCUT2D eigenvalue weighted by Crippen LogP contribution is -2.52. The Labute approximate surface area is 148 Å². The van der Waals surface area contributed by atoms with Crippen molar-refractivity contribution in [3.05, 3.63) is 65.2 Å². The molecule has 0 saturated carbocycles. The van der Waals surface area contributed by atoms with Gasteiger partial charge in [0.15, 0.2) is 0 Å². The van der Waals surface area contributed by atoms with Gasteiger partial charge in [-0.1, -0.05) is 41.9 Å². The molecule has 2 aromatic rings. The zero-order chi connectivity index (χ0) is 16.9. The number of nitrogens with one attached hydrogen (secondary N) is 1. The summed E-state index contributed by atoms with van der Waals surface area (Å²) in [6, 6.07) is 17.9. The maximum Gasteiger partial charge on any atom is 0.317 e. The SMILES string of the molecule is CC(NC(=O)N1CCN(c2ccccc2)CC1)c1ccc(Cl)cc1. The zero-order valence-electron chi connectivity index (χ0n) is 13.8. The van der Waals surface area contributed by atoms with Crippen molar-refractivity contribution in [1.82, 2.24) is 10.2 Å². The number of amides is 2. The van der Waals surface area contributed by atoms with Gasteiger partial charge in [0.1, 0.15) is 0 Å². The van der Waals surface area contributed by atoms with Crippen LogP contribution < -0.4 is 10.2 Å². The molecule has 1 aliphatic heterocycles. The number of benzene rings is 2. The zero-order valence-corrected chi connectivity index (χ0v) is 14.5. The van der Waals surface area contributed by atoms with E-state index < -0.39 is 0 Å². The van der Waals surface area contributed by atoms with E-state index in [1.807, 2.05) is 54.3 Å². The van der Waals surface area contributed by atoms with Crippen molar-refractivity contribution in [2.24, 2.45) is 0 Å². The van der Waals surface area contributed by atoms with Gasteiger partial charge in [0, 0.05) is 36.9 Å². The number of hydrogen-bond donors (Lipinski definition) is 1. The van der Waals surface area contributed by atoms with E-state index in [4.69, 9.17) is 11.6 Å². The number of carbonyl (C=O) groups excluding carboxylic acids is 1. The minimum atomic E-state index is -0.0399. The van der Waals surface area contributed by atoms with Gasteiger partial charge < -0.3 is 15.1 Å². The molecule has 2 aromatic carbocycles. The minimum Gasteiger partial charge on any atom is -0.368 e. The summed E-state index contributed by atoms with van der Waals surface area (Å²) in [7, 11) is 0. The molecule has 1 unspecified atom stereocenters. The molecule has 5 heteroatoms. The predicted octanol–water partition coefficient (Wildman–Crippen LogP) is 3.93. The maximum absolute atomic E-state index is 12.5. The van der Waals surface area contributed by atoms with Crippen LogP contribution in [0.2, 0.25) is 5.02 Å². The smallest absolute Gasteiger partial charge is 0.317 e. The highest BCUT2D eigenvalue weighted by Gasteiger charge is 2.22. The molecule has 2 amide bonds. The van der Waals surface area contributed by atoms with Crippen molar-refractivity contribution in [2.75, 3.05) is 31.1 Å². The van der Waals surface area contributed by atoms with Crippen molar-refractivity contribution in [1.29, 1.82) is 0 Å². The fraction of sp³-hybridized carbons (Fsp3) is 0.316. The Morgan fingerprint density at radius 2 is 1.62 bits per heavy atom. The lowest BCUT2D eigenvalue weighted by molar-refractivity contribution is 0.191. The Morgan fingerprint density at radius 1 is 1.00 bits per heavy atom. The molecular formula is C19H22ClN3O. The van der Waals surface area contributed by atoms with Crippen molar-refractivity contribution in [2.45, 2.75) is 13.0 Å². The highest BCUT2D eigenvalue weighted by Crippen LogP contribution is 2.18. The molecule has 24 heavy (non-hydrogen) atoms. The van der Waals surface area contributed by atoms with Crippen LogP contribution in [0.15, 0.2) is 54.6 Å². The number of halogens is 1. The number of piperazine rings is 1. The largest absolute Gasteiger partial charge is 0.368 e. The van der Waals surface area contributed by atoms with E-state index in [9.17, 15) is 4.79 Å². The van der Waals surface area contributed by atoms with Crippen LogP contribution in [0.25, 0.3) is 0 Å². The summed E-state index contributed by atoms with van der Waals surface area (Å²) >= 11 is 5.91. The van der Waals surface area contributed by atoms with Gasteiger partial charge in [-0.25, -0.2) is 4.79 Å². The van der Waals surface area contributed by atoms with Crippen LogP contribution in [-0.4, -0.2) is 37.1 Å². The molecule has 1 fully saturated rings. The maximum atomic E-state index is 12.5. The molecule has 1 aliphatic rings. The van der Waals surface area contributed by atoms with Gasteiger partial charge in [-0.15, -0.1) is 0 Å². The number of hydrogen-bond acceptors (Lipinski definition) is 2. The number of rotatable bonds is 3. The monoisotopic (exact) mass is 343 g/mol. The molecule has 0 aromatic heterocycles. The molecule has 1 saturated heterocycles. The van der Waals surface area contributed by atoms with E-state index in [1.54, 1.807) is 0 Å². The van der Waals surface area contributed by atoms with Gasteiger partial charge in [-0.2, -0.15) is 0 Å². The molecule has 0 radical (unpaired) electrons. The van der Waals surface area contributed by atoms with Crippen LogP contribution in [0.1, 0.15) is 18.5 Å². The van der Waals surface area contributed by atoms with Crippen LogP contribution >= 0.6 is 11.6 Å². The summed E-state index contributed by atoms with van der Waals surface area (Å²) in [4.78, 5) is 16.7. The Bertz CT molecular complexity index is 667. The normalized spacial score (nSPS) is 15.9. The lowest BCUT2D eigenvalue weighted by Gasteiger charge is -2.36. The number of carbonyl (C=O) groups is 1. The summed E-state index contributed by atoms with van der Waals surface area (Å²) < 4.78 is 0. The molecule has 1 heterocycles. The molecular weight excluding hydrogens is 322 g/mol. The van der Waals surface area contributed by atoms with E-state index in [-0.39, 0.29) is 12.1 Å². The van der Waals surface area contributed by atoms with Crippen LogP contribution in [0.4, 0.5) is 10.5 Å². The third-order valence-corrected chi connectivity index (χ3v) is 4.65. The van der Waals surface area contributed by atoms with Gasteiger partial charge >= 0.3 is 6.03 Å². The first-order valence-corrected chi connectivity index (χ1v) is 8.62. The Kier molecular flexibility index (Phi) is 5.26. The first kappa shape index (κ1) is 16.7. The lowest BCUT2D eigenvalue weighted by atomic mass is 10.1. The second kappa shape index (κ2) is 7.58. The molecule has 1 atom stereocenters. The second-order valence-corrected chi connectivity index (χ2v) is 6.47. The highest BCUT2D eigenvalue weighted by molar-refractivity contribution is 6.30. The average Bonchev–Trinajstić information content (AvgIpc) is 2.63. The Hall–Kier alpha value is -2.20. The standard InChI is InChI=1S/C19H22ClN3O/c1-15(16-7-9-17(20)10-8-16)21-19(24)23-13-11-22(12-14-23)18-5-3-2-4-6-18/h2-10,15H,11-14H2,1H3,(H,21,24). The first-order valence-electron chi connectivity index (χ1n) is 8.24. The van der Waals surface area contributed by atoms with Crippen molar-refractivity contribution >= 4 is 23.3 Å². The Morgan fingerprint density at radius 3 is 2.25 bits per heavy atom. The van der Waals surface area contributed by atoms with E-state index in [1.165, 1.54) is 5.69 Å². The quantitative estimate of drug-likeness (QED) is 0.916. The van der Waals surface area contributed by atoms with Crippen LogP contribution in [0.3, 0.4) is 0 Å². The molecule has 0 bridgehead atoms. The van der Waals surface area contributed by atoms with Crippen LogP contribution in [0, 0.1) is 0 Å². The van der Waals surface area contributed by atoms with E-state index in [0.717, 1.165) is 31.7 Å². The second-order valence-electron chi connectivity index (χ2n) is 6.03. The molecule has 4 nitrogen and oxygen atoms in total. The molecule has 0 aliphatic carbocycles. The van der Waals surface area contributed by atoms with Crippen molar-refractivity contribution in [3.63, 3.8) is 0 Å². The van der Waals surface area contributed by atoms with Gasteiger partial charge in [0.05, 0.1) is 6.04 Å². The van der Waals surface area contributed by atoms with Crippen LogP contribution in [0.5, 0.6) is 0 Å². The van der Waals surface area contributed by atoms with E-state index in [2.05, 4.69) is 22.3 Å². The Balaban J connectivity index is 1.52. The third kappa shape index (κ3) is 4.01. The molecule has 126 valence electrons. The molecule has 1 N–H and O–H groups in total. The molecule has 0 spiro atoms. The minimum absolute atomic E-state index is 0.00911. The first-order chi connectivity index (χ1) is 11.6. The van der Waals surface area contributed by atoms with Crippen LogP contribution in [-0.2, 0) is 0 Å². The number of urea groups is 1. The van der Waals surface area contributed by atoms with Gasteiger partial charge in [0.2, 0.25) is 0 Å². The fourth-order valence-electron chi connectivity index (χ4n) is 2.92. The van der Waals surface area contributed by atoms with Gasteiger partial charge in [-0.05, 0) is 36.8 Å². The fourth-order valence-corrected chi connectivity index (χ4v) is 3.04. The van der Waals surface area contributed by atoms with Crippen molar-refractivity contribution in [3.8, 4) is 0 Å². The summed E-state index contributed by atoms with van der Waals surface area (Å²) in [6.45, 7) is 5.16. The summed E-state index contributed by atoms with van der Waals surface area (Å²) in [5, 5.41) is 3.77. The average molecular weight is 344 g/mol. The topological polar surface area (TPSA) is 35.6 Å². The van der Waals surface area contributed by atoms with E-state index >= 15 is 0 Å². The van der Waals surface area contributed by atoms with Gasteiger partial charge in [0.25, 0.3) is 0 Å². The number of nitrogens with zero attached hydrogens (tertiary/aromatic N) is 2. The summed E-state index contributed by atoms with van der Waals surface area (Å²) in [5.41, 5.74) is 2.27.